The topological polar surface area (TPSA) is 45.9 Å². The Kier molecular flexibility index (Phi) is 8.30. The SMILES string of the molecule is CC1=C(C)N(c2[c-]c(C3(c4[c-]c(Oc5cc(C(C)(C)C)ccn5)c5nc(C)c(C)n5c4)c4ccccc4-c4ccccc43)ccc2)[CH-]N1C.[Pt]. The largest absolute Gasteiger partial charge is 0.508 e. The van der Waals surface area contributed by atoms with E-state index in [0.29, 0.717) is 17.3 Å². The maximum atomic E-state index is 6.71. The minimum absolute atomic E-state index is 0. The average Bonchev–Trinajstić information content (AvgIpc) is 3.67. The first-order chi connectivity index (χ1) is 23.5. The van der Waals surface area contributed by atoms with Crippen molar-refractivity contribution in [2.45, 2.75) is 59.3 Å². The monoisotopic (exact) mass is 837 g/mol. The molecule has 2 aliphatic rings. The van der Waals surface area contributed by atoms with Crippen LogP contribution in [0.15, 0.2) is 103 Å². The molecule has 1 aliphatic carbocycles. The van der Waals surface area contributed by atoms with Crippen LogP contribution < -0.4 is 9.64 Å². The van der Waals surface area contributed by atoms with E-state index in [1.54, 1.807) is 0 Å². The van der Waals surface area contributed by atoms with Gasteiger partial charge in [0.25, 0.3) is 0 Å². The molecule has 0 amide bonds. The van der Waals surface area contributed by atoms with Crippen molar-refractivity contribution in [2.75, 3.05) is 11.9 Å². The van der Waals surface area contributed by atoms with Gasteiger partial charge in [0.2, 0.25) is 5.88 Å². The Hall–Kier alpha value is -4.67. The van der Waals surface area contributed by atoms with Gasteiger partial charge in [-0.1, -0.05) is 75.5 Å². The number of aromatic nitrogens is 3. The van der Waals surface area contributed by atoms with Gasteiger partial charge in [0.15, 0.2) is 0 Å². The quantitative estimate of drug-likeness (QED) is 0.162. The van der Waals surface area contributed by atoms with Crippen LogP contribution in [-0.4, -0.2) is 26.3 Å². The number of hydrogen-bond donors (Lipinski definition) is 0. The molecule has 0 fully saturated rings. The van der Waals surface area contributed by atoms with Crippen LogP contribution in [0.1, 0.15) is 73.8 Å². The van der Waals surface area contributed by atoms with Crippen molar-refractivity contribution in [3.8, 4) is 22.8 Å². The maximum absolute atomic E-state index is 6.71. The number of anilines is 1. The third-order valence-corrected chi connectivity index (χ3v) is 10.4. The van der Waals surface area contributed by atoms with Crippen molar-refractivity contribution in [1.82, 2.24) is 19.3 Å². The second-order valence-corrected chi connectivity index (χ2v) is 14.3. The molecule has 0 N–H and O–H groups in total. The fourth-order valence-electron chi connectivity index (χ4n) is 7.38. The molecule has 0 bridgehead atoms. The van der Waals surface area contributed by atoms with Crippen molar-refractivity contribution in [1.29, 1.82) is 0 Å². The van der Waals surface area contributed by atoms with Crippen LogP contribution in [0.5, 0.6) is 11.6 Å². The number of rotatable bonds is 5. The minimum atomic E-state index is -0.751. The summed E-state index contributed by atoms with van der Waals surface area (Å²) in [6.45, 7) is 17.2. The molecule has 3 aromatic heterocycles. The van der Waals surface area contributed by atoms with E-state index in [0.717, 1.165) is 33.8 Å². The number of nitrogens with zero attached hydrogens (tertiary/aromatic N) is 5. The first-order valence-electron chi connectivity index (χ1n) is 16.8. The van der Waals surface area contributed by atoms with Crippen molar-refractivity contribution >= 4 is 11.3 Å². The Morgan fingerprint density at radius 1 is 0.800 bits per heavy atom. The summed E-state index contributed by atoms with van der Waals surface area (Å²) in [7, 11) is 2.08. The number of pyridine rings is 2. The van der Waals surface area contributed by atoms with Crippen molar-refractivity contribution < 1.29 is 25.8 Å². The molecule has 50 heavy (non-hydrogen) atoms. The minimum Gasteiger partial charge on any atom is -0.508 e. The Balaban J connectivity index is 0.00000392. The van der Waals surface area contributed by atoms with Gasteiger partial charge in [-0.25, -0.2) is 4.98 Å². The van der Waals surface area contributed by atoms with E-state index < -0.39 is 5.41 Å². The molecule has 0 spiro atoms. The van der Waals surface area contributed by atoms with Crippen molar-refractivity contribution in [3.05, 3.63) is 161 Å². The Morgan fingerprint density at radius 3 is 2.12 bits per heavy atom. The zero-order valence-corrected chi connectivity index (χ0v) is 32.0. The fourth-order valence-corrected chi connectivity index (χ4v) is 7.38. The second-order valence-electron chi connectivity index (χ2n) is 14.3. The van der Waals surface area contributed by atoms with Gasteiger partial charge in [-0.2, -0.15) is 30.9 Å². The van der Waals surface area contributed by atoms with Gasteiger partial charge >= 0.3 is 0 Å². The maximum Gasteiger partial charge on any atom is 0.216 e. The molecule has 6 aromatic rings. The number of benzene rings is 3. The number of ether oxygens (including phenoxy) is 1. The molecule has 7 heteroatoms. The third kappa shape index (κ3) is 5.10. The number of hydrogen-bond acceptors (Lipinski definition) is 5. The molecule has 6 nitrogen and oxygen atoms in total. The first kappa shape index (κ1) is 33.8. The molecule has 0 saturated carbocycles. The molecule has 0 unspecified atom stereocenters. The predicted octanol–water partition coefficient (Wildman–Crippen LogP) is 9.52. The summed E-state index contributed by atoms with van der Waals surface area (Å²) in [6.07, 6.45) is 4.01. The van der Waals surface area contributed by atoms with E-state index in [-0.39, 0.29) is 26.5 Å². The summed E-state index contributed by atoms with van der Waals surface area (Å²) in [6, 6.07) is 35.7. The summed E-state index contributed by atoms with van der Waals surface area (Å²) < 4.78 is 8.86. The number of imidazole rings is 1. The molecule has 256 valence electrons. The molecular weight excluding hydrogens is 798 g/mol. The molecule has 3 aromatic carbocycles. The summed E-state index contributed by atoms with van der Waals surface area (Å²) >= 11 is 0. The number of aryl methyl sites for hydroxylation is 2. The van der Waals surface area contributed by atoms with E-state index in [4.69, 9.17) is 9.72 Å². The molecule has 1 aliphatic heterocycles. The van der Waals surface area contributed by atoms with Crippen molar-refractivity contribution in [3.63, 3.8) is 0 Å². The van der Waals surface area contributed by atoms with Gasteiger partial charge in [0.05, 0.1) is 11.4 Å². The van der Waals surface area contributed by atoms with Gasteiger partial charge in [-0.15, -0.1) is 22.9 Å². The average molecular weight is 838 g/mol. The van der Waals surface area contributed by atoms with Gasteiger partial charge in [-0.3, -0.25) is 4.98 Å². The normalized spacial score (nSPS) is 15.0. The van der Waals surface area contributed by atoms with Crippen LogP contribution in [0.3, 0.4) is 0 Å². The van der Waals surface area contributed by atoms with E-state index in [1.165, 1.54) is 33.6 Å². The van der Waals surface area contributed by atoms with Crippen LogP contribution in [-0.2, 0) is 31.9 Å². The van der Waals surface area contributed by atoms with Gasteiger partial charge < -0.3 is 18.9 Å². The molecule has 0 atom stereocenters. The van der Waals surface area contributed by atoms with Crippen LogP contribution in [0, 0.1) is 32.6 Å². The zero-order valence-electron chi connectivity index (χ0n) is 29.7. The van der Waals surface area contributed by atoms with Gasteiger partial charge in [0, 0.05) is 55.8 Å². The van der Waals surface area contributed by atoms with Gasteiger partial charge in [0.1, 0.15) is 0 Å². The Labute approximate surface area is 309 Å². The summed E-state index contributed by atoms with van der Waals surface area (Å²) in [4.78, 5) is 14.0. The van der Waals surface area contributed by atoms with E-state index in [2.05, 4.69) is 160 Å². The summed E-state index contributed by atoms with van der Waals surface area (Å²) in [5.74, 6) is 1.05. The summed E-state index contributed by atoms with van der Waals surface area (Å²) in [5.41, 5.74) is 13.1. The number of fused-ring (bicyclic) bond motifs is 4. The molecular formula is C43H40N5OPt-3. The van der Waals surface area contributed by atoms with E-state index in [9.17, 15) is 0 Å². The smallest absolute Gasteiger partial charge is 0.216 e. The van der Waals surface area contributed by atoms with Gasteiger partial charge in [-0.05, 0) is 79.7 Å². The fraction of sp³-hybridized carbons (Fsp3) is 0.233. The molecule has 4 heterocycles. The van der Waals surface area contributed by atoms with Crippen LogP contribution >= 0.6 is 0 Å². The second kappa shape index (κ2) is 12.3. The Morgan fingerprint density at radius 2 is 1.48 bits per heavy atom. The molecule has 0 saturated heterocycles. The zero-order chi connectivity index (χ0) is 34.2. The van der Waals surface area contributed by atoms with Crippen LogP contribution in [0.2, 0.25) is 0 Å². The van der Waals surface area contributed by atoms with E-state index in [1.807, 2.05) is 25.3 Å². The predicted molar refractivity (Wildman–Crippen MR) is 196 cm³/mol. The summed E-state index contributed by atoms with van der Waals surface area (Å²) in [5, 5.41) is 0. The third-order valence-electron chi connectivity index (χ3n) is 10.4. The van der Waals surface area contributed by atoms with Crippen LogP contribution in [0.25, 0.3) is 16.8 Å². The standard InChI is InChI=1S/C43H40N5O.Pt/c1-27-28(2)47-25-33(23-39(41(47)45-27)49-40-24-31(20-21-44-40)42(5,6)7)43(37-18-11-9-16-35(37)36-17-10-12-19-38(36)43)32-14-13-15-34(22-32)48-26-46(8)29(3)30(48)4;/h9-21,24-26H,1-8H3;/q-3;. The van der Waals surface area contributed by atoms with E-state index >= 15 is 0 Å². The van der Waals surface area contributed by atoms with Crippen molar-refractivity contribution in [2.24, 2.45) is 0 Å². The molecule has 0 radical (unpaired) electrons. The van der Waals surface area contributed by atoms with Crippen LogP contribution in [0.4, 0.5) is 5.69 Å². The first-order valence-corrected chi connectivity index (χ1v) is 16.8. The Bertz CT molecular complexity index is 2270. The molecule has 8 rings (SSSR count). The number of allylic oxidation sites excluding steroid dienone is 2.